The highest BCUT2D eigenvalue weighted by Gasteiger charge is 2.27. The highest BCUT2D eigenvalue weighted by Crippen LogP contribution is 2.54. The fraction of sp³-hybridized carbons (Fsp3) is 0. The van der Waals surface area contributed by atoms with Gasteiger partial charge in [0.1, 0.15) is 5.75 Å². The van der Waals surface area contributed by atoms with Crippen molar-refractivity contribution < 1.29 is 4.74 Å². The van der Waals surface area contributed by atoms with Crippen LogP contribution < -0.4 is 9.64 Å². The van der Waals surface area contributed by atoms with Crippen molar-refractivity contribution in [1.29, 1.82) is 0 Å². The van der Waals surface area contributed by atoms with E-state index in [-0.39, 0.29) is 0 Å². The summed E-state index contributed by atoms with van der Waals surface area (Å²) in [6.07, 6.45) is 0. The molecule has 2 nitrogen and oxygen atoms in total. The van der Waals surface area contributed by atoms with E-state index in [0.717, 1.165) is 61.8 Å². The fourth-order valence-corrected chi connectivity index (χ4v) is 8.61. The lowest BCUT2D eigenvalue weighted by Gasteiger charge is -2.28. The van der Waals surface area contributed by atoms with Crippen LogP contribution in [0, 0.1) is 0 Å². The molecule has 0 spiro atoms. The van der Waals surface area contributed by atoms with Crippen molar-refractivity contribution in [2.75, 3.05) is 4.90 Å². The van der Waals surface area contributed by atoms with Crippen LogP contribution >= 0.6 is 0 Å². The quantitative estimate of drug-likeness (QED) is 0.160. The Morgan fingerprint density at radius 2 is 0.700 bits per heavy atom. The lowest BCUT2D eigenvalue weighted by Crippen LogP contribution is -2.11. The molecular formula is C58H39NO. The van der Waals surface area contributed by atoms with Gasteiger partial charge in [-0.05, 0) is 115 Å². The van der Waals surface area contributed by atoms with Crippen molar-refractivity contribution in [3.8, 4) is 78.3 Å². The second-order valence-electron chi connectivity index (χ2n) is 15.3. The molecule has 11 rings (SSSR count). The standard InChI is InChI=1S/C58H39NO/c1-4-13-40(14-5-1)43-23-25-44(26-24-43)46-29-34-51(35-30-46)59(50-32-27-45(28-33-50)41-15-6-2-7-16-41)56-22-12-21-53-52-36-31-49(42-17-8-3-9-18-42)37-54(52)55-38-47-19-10-11-20-48(47)39-57(55)60-58(53)56/h1-39H. The predicted molar refractivity (Wildman–Crippen MR) is 251 cm³/mol. The minimum atomic E-state index is 0.813. The molecule has 1 heterocycles. The topological polar surface area (TPSA) is 12.5 Å². The molecule has 2 heteroatoms. The molecule has 0 saturated carbocycles. The van der Waals surface area contributed by atoms with Crippen LogP contribution in [0.1, 0.15) is 0 Å². The third kappa shape index (κ3) is 6.51. The molecule has 0 bridgehead atoms. The molecule has 10 aromatic rings. The Labute approximate surface area is 350 Å². The van der Waals surface area contributed by atoms with E-state index in [1.54, 1.807) is 0 Å². The van der Waals surface area contributed by atoms with Crippen LogP contribution in [0.25, 0.3) is 77.5 Å². The van der Waals surface area contributed by atoms with Crippen molar-refractivity contribution in [2.24, 2.45) is 0 Å². The molecular weight excluding hydrogens is 727 g/mol. The summed E-state index contributed by atoms with van der Waals surface area (Å²) in [5, 5.41) is 2.32. The Kier molecular flexibility index (Phi) is 8.87. The lowest BCUT2D eigenvalue weighted by atomic mass is 9.90. The van der Waals surface area contributed by atoms with Gasteiger partial charge in [0.25, 0.3) is 0 Å². The molecule has 0 aliphatic carbocycles. The molecule has 1 aliphatic rings. The summed E-state index contributed by atoms with van der Waals surface area (Å²) in [6, 6.07) is 84.7. The van der Waals surface area contributed by atoms with Gasteiger partial charge in [-0.3, -0.25) is 0 Å². The number of hydrogen-bond donors (Lipinski definition) is 0. The lowest BCUT2D eigenvalue weighted by molar-refractivity contribution is 0.489. The summed E-state index contributed by atoms with van der Waals surface area (Å²) in [5.41, 5.74) is 16.9. The smallest absolute Gasteiger partial charge is 0.159 e. The molecule has 60 heavy (non-hydrogen) atoms. The third-order valence-electron chi connectivity index (χ3n) is 11.7. The van der Waals surface area contributed by atoms with Crippen LogP contribution in [0.5, 0.6) is 11.5 Å². The Morgan fingerprint density at radius 3 is 1.23 bits per heavy atom. The van der Waals surface area contributed by atoms with E-state index >= 15 is 0 Å². The first-order valence-corrected chi connectivity index (χ1v) is 20.5. The number of hydrogen-bond acceptors (Lipinski definition) is 2. The molecule has 1 aliphatic heterocycles. The molecule has 0 amide bonds. The molecule has 0 unspecified atom stereocenters. The molecule has 0 aromatic heterocycles. The second kappa shape index (κ2) is 15.1. The van der Waals surface area contributed by atoms with Gasteiger partial charge in [-0.15, -0.1) is 0 Å². The normalized spacial score (nSPS) is 11.5. The molecule has 0 fully saturated rings. The van der Waals surface area contributed by atoms with Gasteiger partial charge >= 0.3 is 0 Å². The first-order chi connectivity index (χ1) is 29.7. The van der Waals surface area contributed by atoms with Crippen molar-refractivity contribution in [3.63, 3.8) is 0 Å². The van der Waals surface area contributed by atoms with Gasteiger partial charge in [0.2, 0.25) is 0 Å². The van der Waals surface area contributed by atoms with Gasteiger partial charge in [0.05, 0.1) is 5.69 Å². The van der Waals surface area contributed by atoms with Crippen LogP contribution in [0.15, 0.2) is 237 Å². The summed E-state index contributed by atoms with van der Waals surface area (Å²) in [4.78, 5) is 2.33. The Morgan fingerprint density at radius 1 is 0.267 bits per heavy atom. The zero-order valence-corrected chi connectivity index (χ0v) is 32.9. The summed E-state index contributed by atoms with van der Waals surface area (Å²) in [6.45, 7) is 0. The molecule has 0 radical (unpaired) electrons. The Balaban J connectivity index is 1.07. The van der Waals surface area contributed by atoms with E-state index in [4.69, 9.17) is 4.74 Å². The summed E-state index contributed by atoms with van der Waals surface area (Å²) in [7, 11) is 0. The van der Waals surface area contributed by atoms with E-state index < -0.39 is 0 Å². The number of nitrogens with zero attached hydrogens (tertiary/aromatic N) is 1. The zero-order valence-electron chi connectivity index (χ0n) is 32.9. The van der Waals surface area contributed by atoms with Gasteiger partial charge in [-0.2, -0.15) is 0 Å². The summed E-state index contributed by atoms with van der Waals surface area (Å²) >= 11 is 0. The number of rotatable bonds is 7. The van der Waals surface area contributed by atoms with Gasteiger partial charge in [-0.25, -0.2) is 0 Å². The number of fused-ring (bicyclic) bond motifs is 6. The van der Waals surface area contributed by atoms with Gasteiger partial charge in [0.15, 0.2) is 5.75 Å². The first-order valence-electron chi connectivity index (χ1n) is 20.5. The Hall–Kier alpha value is -7.94. The minimum Gasteiger partial charge on any atom is -0.454 e. The number of anilines is 3. The number of benzene rings is 10. The summed E-state index contributed by atoms with van der Waals surface area (Å²) < 4.78 is 7.29. The zero-order chi connectivity index (χ0) is 39.8. The SMILES string of the molecule is c1ccc(-c2ccc(-c3ccc(N(c4ccc(-c5ccccc5)cc4)c4cccc5c4Oc4cc6ccccc6cc4-c4cc(-c6ccccc6)ccc4-5)cc3)cc2)cc1. The van der Waals surface area contributed by atoms with Crippen LogP contribution in [0.3, 0.4) is 0 Å². The van der Waals surface area contributed by atoms with Crippen LogP contribution in [0.2, 0.25) is 0 Å². The van der Waals surface area contributed by atoms with Crippen molar-refractivity contribution in [2.45, 2.75) is 0 Å². The highest BCUT2D eigenvalue weighted by atomic mass is 16.5. The average molecular weight is 766 g/mol. The van der Waals surface area contributed by atoms with Gasteiger partial charge < -0.3 is 9.64 Å². The average Bonchev–Trinajstić information content (AvgIpc) is 3.46. The minimum absolute atomic E-state index is 0.813. The van der Waals surface area contributed by atoms with E-state index in [9.17, 15) is 0 Å². The van der Waals surface area contributed by atoms with E-state index in [1.165, 1.54) is 44.3 Å². The summed E-state index contributed by atoms with van der Waals surface area (Å²) in [5.74, 6) is 1.65. The molecule has 0 atom stereocenters. The molecule has 10 aromatic carbocycles. The maximum atomic E-state index is 7.29. The van der Waals surface area contributed by atoms with Crippen LogP contribution in [0.4, 0.5) is 17.1 Å². The van der Waals surface area contributed by atoms with Gasteiger partial charge in [0, 0.05) is 22.5 Å². The van der Waals surface area contributed by atoms with E-state index in [2.05, 4.69) is 241 Å². The maximum Gasteiger partial charge on any atom is 0.159 e. The Bertz CT molecular complexity index is 3120. The molecule has 282 valence electrons. The number of ether oxygens (including phenoxy) is 1. The van der Waals surface area contributed by atoms with E-state index in [0.29, 0.717) is 0 Å². The molecule has 0 N–H and O–H groups in total. The monoisotopic (exact) mass is 765 g/mol. The van der Waals surface area contributed by atoms with Crippen molar-refractivity contribution in [3.05, 3.63) is 237 Å². The van der Waals surface area contributed by atoms with Gasteiger partial charge in [-0.1, -0.05) is 188 Å². The van der Waals surface area contributed by atoms with Crippen molar-refractivity contribution in [1.82, 2.24) is 0 Å². The van der Waals surface area contributed by atoms with Crippen LogP contribution in [-0.2, 0) is 0 Å². The fourth-order valence-electron chi connectivity index (χ4n) is 8.61. The predicted octanol–water partition coefficient (Wildman–Crippen LogP) is 16.4. The number of para-hydroxylation sites is 1. The van der Waals surface area contributed by atoms with Crippen molar-refractivity contribution >= 4 is 27.8 Å². The second-order valence-corrected chi connectivity index (χ2v) is 15.3. The van der Waals surface area contributed by atoms with E-state index in [1.807, 2.05) is 0 Å². The largest absolute Gasteiger partial charge is 0.454 e. The molecule has 0 saturated heterocycles. The highest BCUT2D eigenvalue weighted by molar-refractivity contribution is 6.00. The van der Waals surface area contributed by atoms with Crippen LogP contribution in [-0.4, -0.2) is 0 Å². The first kappa shape index (κ1) is 35.2. The maximum absolute atomic E-state index is 7.29. The third-order valence-corrected chi connectivity index (χ3v) is 11.7.